The highest BCUT2D eigenvalue weighted by Gasteiger charge is 2.19. The zero-order chi connectivity index (χ0) is 59.2. The van der Waals surface area contributed by atoms with E-state index in [1.54, 1.807) is 0 Å². The van der Waals surface area contributed by atoms with Gasteiger partial charge in [0.25, 0.3) is 0 Å². The number of carbonyl (C=O) groups excluding carboxylic acids is 3. The van der Waals surface area contributed by atoms with Crippen LogP contribution in [0.15, 0.2) is 146 Å². The van der Waals surface area contributed by atoms with Gasteiger partial charge in [-0.3, -0.25) is 14.4 Å². The molecule has 0 aliphatic heterocycles. The molecule has 1 atom stereocenters. The van der Waals surface area contributed by atoms with Gasteiger partial charge in [-0.15, -0.1) is 0 Å². The van der Waals surface area contributed by atoms with E-state index in [1.807, 2.05) is 0 Å². The van der Waals surface area contributed by atoms with Gasteiger partial charge in [0, 0.05) is 19.3 Å². The number of ether oxygens (including phenoxy) is 3. The van der Waals surface area contributed by atoms with Crippen molar-refractivity contribution in [2.45, 2.75) is 303 Å². The van der Waals surface area contributed by atoms with Crippen molar-refractivity contribution in [1.29, 1.82) is 0 Å². The van der Waals surface area contributed by atoms with Gasteiger partial charge in [-0.05, 0) is 128 Å². The maximum absolute atomic E-state index is 12.9. The van der Waals surface area contributed by atoms with Crippen molar-refractivity contribution in [3.63, 3.8) is 0 Å². The largest absolute Gasteiger partial charge is 0.462 e. The minimum Gasteiger partial charge on any atom is -0.462 e. The van der Waals surface area contributed by atoms with Gasteiger partial charge in [-0.25, -0.2) is 0 Å². The number of unbranched alkanes of at least 4 members (excludes halogenated alkanes) is 25. The Hall–Kier alpha value is -4.71. The van der Waals surface area contributed by atoms with Crippen molar-refractivity contribution >= 4 is 17.9 Å². The molecule has 0 saturated heterocycles. The Labute approximate surface area is 506 Å². The van der Waals surface area contributed by atoms with Crippen molar-refractivity contribution in [3.8, 4) is 0 Å². The average molecular weight is 1130 g/mol. The average Bonchev–Trinajstić information content (AvgIpc) is 3.48. The first-order valence-electron chi connectivity index (χ1n) is 33.8. The standard InChI is InChI=1S/C76H124O6/c1-4-7-10-13-16-19-22-24-26-28-30-31-32-33-34-35-36-37-38-39-40-41-42-43-44-45-47-48-50-52-54-57-60-63-66-69-75(78)81-72-73(71-80-74(77)68-65-62-59-56-21-18-15-12-9-6-3)82-76(79)70-67-64-61-58-55-53-51-49-46-29-27-25-23-20-17-14-11-8-5-2/h7,10,16-17,19-20,24-27,30-31,33-34,36-37,39-40,42-43,45-47,49,73H,4-6,8-9,11-15,18,21-23,28-29,32,35,38,41,44,48,50-72H2,1-3H3/b10-7-,19-16-,20-17-,26-24-,27-25-,31-30-,34-33-,37-36-,40-39-,43-42-,47-45-,49-46-. The molecule has 1 unspecified atom stereocenters. The quantitative estimate of drug-likeness (QED) is 0.0261. The molecule has 0 heterocycles. The SMILES string of the molecule is CC/C=C\C/C=C\C/C=C\C/C=C\C/C=C\C/C=C\C/C=C\C/C=C\C/C=C\CCCCCCCCCC(=O)OCC(COC(=O)CCCCCCCCCCCC)OC(=O)CCCCCCCC/C=C\C/C=C\C/C=C\CCCCC. The lowest BCUT2D eigenvalue weighted by Gasteiger charge is -2.18. The fourth-order valence-corrected chi connectivity index (χ4v) is 9.03. The molecule has 464 valence electrons. The number of allylic oxidation sites excluding steroid dienone is 24. The first-order chi connectivity index (χ1) is 40.5. The van der Waals surface area contributed by atoms with E-state index in [9.17, 15) is 14.4 Å². The molecule has 82 heavy (non-hydrogen) atoms. The minimum atomic E-state index is -0.793. The number of esters is 3. The van der Waals surface area contributed by atoms with Crippen LogP contribution in [-0.4, -0.2) is 37.2 Å². The van der Waals surface area contributed by atoms with Crippen molar-refractivity contribution in [2.75, 3.05) is 13.2 Å². The summed E-state index contributed by atoms with van der Waals surface area (Å²) < 4.78 is 16.9. The first-order valence-corrected chi connectivity index (χ1v) is 33.8. The highest BCUT2D eigenvalue weighted by atomic mass is 16.6. The third-order valence-electron chi connectivity index (χ3n) is 14.1. The van der Waals surface area contributed by atoms with Crippen molar-refractivity contribution in [1.82, 2.24) is 0 Å². The summed E-state index contributed by atoms with van der Waals surface area (Å²) in [4.78, 5) is 38.3. The van der Waals surface area contributed by atoms with Crippen LogP contribution in [0.1, 0.15) is 297 Å². The maximum Gasteiger partial charge on any atom is 0.306 e. The molecule has 0 bridgehead atoms. The number of hydrogen-bond donors (Lipinski definition) is 0. The van der Waals surface area contributed by atoms with Crippen LogP contribution >= 0.6 is 0 Å². The smallest absolute Gasteiger partial charge is 0.306 e. The van der Waals surface area contributed by atoms with E-state index < -0.39 is 6.10 Å². The molecule has 0 radical (unpaired) electrons. The van der Waals surface area contributed by atoms with Crippen LogP contribution in [0.3, 0.4) is 0 Å². The second kappa shape index (κ2) is 68.8. The van der Waals surface area contributed by atoms with Crippen molar-refractivity contribution < 1.29 is 28.6 Å². The molecular formula is C76H124O6. The van der Waals surface area contributed by atoms with E-state index >= 15 is 0 Å². The third-order valence-corrected chi connectivity index (χ3v) is 14.1. The molecule has 0 saturated carbocycles. The highest BCUT2D eigenvalue weighted by Crippen LogP contribution is 2.15. The van der Waals surface area contributed by atoms with Gasteiger partial charge in [0.2, 0.25) is 0 Å². The Balaban J connectivity index is 4.26. The summed E-state index contributed by atoms with van der Waals surface area (Å²) in [7, 11) is 0. The molecule has 0 aromatic heterocycles. The van der Waals surface area contributed by atoms with Crippen LogP contribution in [0.2, 0.25) is 0 Å². The number of hydrogen-bond acceptors (Lipinski definition) is 6. The van der Waals surface area contributed by atoms with Crippen LogP contribution in [0.4, 0.5) is 0 Å². The summed E-state index contributed by atoms with van der Waals surface area (Å²) >= 11 is 0. The van der Waals surface area contributed by atoms with Crippen LogP contribution in [-0.2, 0) is 28.6 Å². The van der Waals surface area contributed by atoms with Gasteiger partial charge >= 0.3 is 17.9 Å². The zero-order valence-corrected chi connectivity index (χ0v) is 53.2. The topological polar surface area (TPSA) is 78.9 Å². The van der Waals surface area contributed by atoms with Crippen molar-refractivity contribution in [2.24, 2.45) is 0 Å². The van der Waals surface area contributed by atoms with Gasteiger partial charge < -0.3 is 14.2 Å². The Morgan fingerprint density at radius 3 is 0.768 bits per heavy atom. The molecule has 0 rings (SSSR count). The fourth-order valence-electron chi connectivity index (χ4n) is 9.03. The molecule has 0 aromatic rings. The lowest BCUT2D eigenvalue weighted by molar-refractivity contribution is -0.167. The summed E-state index contributed by atoms with van der Waals surface area (Å²) in [5.41, 5.74) is 0. The summed E-state index contributed by atoms with van der Waals surface area (Å²) in [5, 5.41) is 0. The molecular weight excluding hydrogens is 1010 g/mol. The maximum atomic E-state index is 12.9. The molecule has 0 aliphatic rings. The first kappa shape index (κ1) is 77.3. The summed E-state index contributed by atoms with van der Waals surface area (Å²) in [6.45, 7) is 6.47. The van der Waals surface area contributed by atoms with Crippen LogP contribution < -0.4 is 0 Å². The van der Waals surface area contributed by atoms with E-state index in [2.05, 4.69) is 167 Å². The third kappa shape index (κ3) is 66.1. The van der Waals surface area contributed by atoms with E-state index in [1.165, 1.54) is 109 Å². The lowest BCUT2D eigenvalue weighted by Crippen LogP contribution is -2.30. The highest BCUT2D eigenvalue weighted by molar-refractivity contribution is 5.71. The second-order valence-electron chi connectivity index (χ2n) is 22.0. The Bertz CT molecular complexity index is 1780. The predicted molar refractivity (Wildman–Crippen MR) is 357 cm³/mol. The van der Waals surface area contributed by atoms with E-state index in [4.69, 9.17) is 14.2 Å². The summed E-state index contributed by atoms with van der Waals surface area (Å²) in [6.07, 6.45) is 98.6. The number of carbonyl (C=O) groups is 3. The van der Waals surface area contributed by atoms with E-state index in [-0.39, 0.29) is 31.1 Å². The fraction of sp³-hybridized carbons (Fsp3) is 0.645. The van der Waals surface area contributed by atoms with Crippen LogP contribution in [0, 0.1) is 0 Å². The van der Waals surface area contributed by atoms with Gasteiger partial charge in [0.1, 0.15) is 13.2 Å². The Morgan fingerprint density at radius 1 is 0.256 bits per heavy atom. The van der Waals surface area contributed by atoms with Gasteiger partial charge in [-0.2, -0.15) is 0 Å². The number of rotatable bonds is 60. The predicted octanol–water partition coefficient (Wildman–Crippen LogP) is 23.5. The summed E-state index contributed by atoms with van der Waals surface area (Å²) in [6, 6.07) is 0. The normalized spacial score (nSPS) is 13.1. The van der Waals surface area contributed by atoms with Gasteiger partial charge in [0.15, 0.2) is 6.10 Å². The second-order valence-corrected chi connectivity index (χ2v) is 22.0. The molecule has 0 fully saturated rings. The molecule has 6 heteroatoms. The van der Waals surface area contributed by atoms with Crippen LogP contribution in [0.25, 0.3) is 0 Å². The molecule has 0 aliphatic carbocycles. The monoisotopic (exact) mass is 1130 g/mol. The minimum absolute atomic E-state index is 0.0884. The lowest BCUT2D eigenvalue weighted by atomic mass is 10.1. The molecule has 0 spiro atoms. The van der Waals surface area contributed by atoms with Gasteiger partial charge in [0.05, 0.1) is 0 Å². The van der Waals surface area contributed by atoms with Gasteiger partial charge in [-0.1, -0.05) is 295 Å². The van der Waals surface area contributed by atoms with Crippen molar-refractivity contribution in [3.05, 3.63) is 146 Å². The molecule has 6 nitrogen and oxygen atoms in total. The molecule has 0 aromatic carbocycles. The van der Waals surface area contributed by atoms with E-state index in [0.29, 0.717) is 19.3 Å². The Kier molecular flexibility index (Phi) is 64.8. The molecule has 0 amide bonds. The zero-order valence-electron chi connectivity index (χ0n) is 53.2. The Morgan fingerprint density at radius 2 is 0.476 bits per heavy atom. The summed E-state index contributed by atoms with van der Waals surface area (Å²) in [5.74, 6) is -0.912. The van der Waals surface area contributed by atoms with E-state index in [0.717, 1.165) is 148 Å². The molecule has 0 N–H and O–H groups in total. The van der Waals surface area contributed by atoms with Crippen LogP contribution in [0.5, 0.6) is 0 Å².